The third-order valence-electron chi connectivity index (χ3n) is 3.03. The highest BCUT2D eigenvalue weighted by molar-refractivity contribution is 9.09. The largest absolute Gasteiger partial charge is 0.207 e. The fraction of sp³-hybridized carbons (Fsp3) is 0.333. The normalized spacial score (nSPS) is 12.6. The van der Waals surface area contributed by atoms with Gasteiger partial charge in [0.05, 0.1) is 0 Å². The number of benzene rings is 1. The standard InChI is InChI=1S/C15H16BrFS/c16-11-13(5-8-15-2-1-9-18-15)10-12-3-6-14(17)7-4-12/h1-4,6-7,9,13H,5,8,10-11H2. The van der Waals surface area contributed by atoms with E-state index in [1.165, 1.54) is 16.9 Å². The van der Waals surface area contributed by atoms with Crippen molar-refractivity contribution < 1.29 is 4.39 Å². The summed E-state index contributed by atoms with van der Waals surface area (Å²) in [6.07, 6.45) is 3.31. The second-order valence-electron chi connectivity index (χ2n) is 4.47. The van der Waals surface area contributed by atoms with Crippen molar-refractivity contribution in [2.45, 2.75) is 19.3 Å². The zero-order valence-electron chi connectivity index (χ0n) is 10.1. The van der Waals surface area contributed by atoms with Crippen molar-refractivity contribution in [1.29, 1.82) is 0 Å². The lowest BCUT2D eigenvalue weighted by Crippen LogP contribution is -2.07. The Labute approximate surface area is 120 Å². The highest BCUT2D eigenvalue weighted by Gasteiger charge is 2.09. The van der Waals surface area contributed by atoms with E-state index >= 15 is 0 Å². The van der Waals surface area contributed by atoms with Crippen molar-refractivity contribution in [2.24, 2.45) is 5.92 Å². The maximum absolute atomic E-state index is 12.8. The fourth-order valence-electron chi connectivity index (χ4n) is 1.99. The number of hydrogen-bond acceptors (Lipinski definition) is 1. The third-order valence-corrected chi connectivity index (χ3v) is 4.89. The summed E-state index contributed by atoms with van der Waals surface area (Å²) >= 11 is 5.40. The maximum atomic E-state index is 12.8. The molecule has 0 bridgehead atoms. The van der Waals surface area contributed by atoms with Crippen LogP contribution in [-0.4, -0.2) is 5.33 Å². The topological polar surface area (TPSA) is 0 Å². The van der Waals surface area contributed by atoms with Gasteiger partial charge in [0.25, 0.3) is 0 Å². The molecule has 0 spiro atoms. The SMILES string of the molecule is Fc1ccc(CC(CBr)CCc2cccs2)cc1. The van der Waals surface area contributed by atoms with Gasteiger partial charge in [0.15, 0.2) is 0 Å². The van der Waals surface area contributed by atoms with E-state index in [-0.39, 0.29) is 5.82 Å². The third kappa shape index (κ3) is 4.21. The summed E-state index contributed by atoms with van der Waals surface area (Å²) < 4.78 is 12.8. The molecule has 1 aromatic heterocycles. The van der Waals surface area contributed by atoms with Crippen LogP contribution < -0.4 is 0 Å². The Kier molecular flexibility index (Phi) is 5.39. The van der Waals surface area contributed by atoms with Crippen molar-refractivity contribution in [1.82, 2.24) is 0 Å². The number of alkyl halides is 1. The van der Waals surface area contributed by atoms with Gasteiger partial charge in [-0.1, -0.05) is 34.1 Å². The Morgan fingerprint density at radius 3 is 2.56 bits per heavy atom. The molecule has 0 aliphatic rings. The summed E-state index contributed by atoms with van der Waals surface area (Å²) in [5.74, 6) is 0.449. The van der Waals surface area contributed by atoms with E-state index < -0.39 is 0 Å². The highest BCUT2D eigenvalue weighted by Crippen LogP contribution is 2.20. The predicted octanol–water partition coefficient (Wildman–Crippen LogP) is 5.07. The summed E-state index contributed by atoms with van der Waals surface area (Å²) in [6, 6.07) is 11.1. The van der Waals surface area contributed by atoms with E-state index in [1.54, 1.807) is 12.1 Å². The molecule has 1 unspecified atom stereocenters. The molecule has 0 radical (unpaired) electrons. The van der Waals surface area contributed by atoms with Crippen LogP contribution in [0.25, 0.3) is 0 Å². The molecule has 0 aliphatic heterocycles. The van der Waals surface area contributed by atoms with Crippen molar-refractivity contribution >= 4 is 27.3 Å². The minimum atomic E-state index is -0.160. The number of thiophene rings is 1. The summed E-state index contributed by atoms with van der Waals surface area (Å²) in [7, 11) is 0. The van der Waals surface area contributed by atoms with Crippen LogP contribution in [0.3, 0.4) is 0 Å². The van der Waals surface area contributed by atoms with Crippen LogP contribution in [0.2, 0.25) is 0 Å². The molecule has 2 rings (SSSR count). The summed E-state index contributed by atoms with van der Waals surface area (Å²) in [5.41, 5.74) is 1.21. The van der Waals surface area contributed by atoms with Gasteiger partial charge in [-0.15, -0.1) is 11.3 Å². The molecule has 0 amide bonds. The molecule has 1 aromatic carbocycles. The Balaban J connectivity index is 1.87. The molecule has 1 heterocycles. The lowest BCUT2D eigenvalue weighted by atomic mass is 9.96. The first-order valence-corrected chi connectivity index (χ1v) is 8.11. The van der Waals surface area contributed by atoms with Crippen LogP contribution in [-0.2, 0) is 12.8 Å². The smallest absolute Gasteiger partial charge is 0.123 e. The molecule has 0 nitrogen and oxygen atoms in total. The summed E-state index contributed by atoms with van der Waals surface area (Å²) in [6.45, 7) is 0. The molecule has 3 heteroatoms. The minimum absolute atomic E-state index is 0.160. The van der Waals surface area contributed by atoms with E-state index in [1.807, 2.05) is 23.5 Å². The lowest BCUT2D eigenvalue weighted by molar-refractivity contribution is 0.544. The number of halogens is 2. The molecule has 0 saturated heterocycles. The molecule has 2 aromatic rings. The van der Waals surface area contributed by atoms with Crippen molar-refractivity contribution in [3.8, 4) is 0 Å². The van der Waals surface area contributed by atoms with E-state index in [0.717, 1.165) is 18.2 Å². The number of hydrogen-bond donors (Lipinski definition) is 0. The molecule has 96 valence electrons. The molecule has 1 atom stereocenters. The Morgan fingerprint density at radius 2 is 1.94 bits per heavy atom. The maximum Gasteiger partial charge on any atom is 0.123 e. The molecule has 0 saturated carbocycles. The van der Waals surface area contributed by atoms with Crippen LogP contribution >= 0.6 is 27.3 Å². The van der Waals surface area contributed by atoms with Gasteiger partial charge < -0.3 is 0 Å². The quantitative estimate of drug-likeness (QED) is 0.650. The average molecular weight is 327 g/mol. The van der Waals surface area contributed by atoms with E-state index in [4.69, 9.17) is 0 Å². The lowest BCUT2D eigenvalue weighted by Gasteiger charge is -2.13. The first kappa shape index (κ1) is 13.8. The Morgan fingerprint density at radius 1 is 1.17 bits per heavy atom. The van der Waals surface area contributed by atoms with Gasteiger partial charge >= 0.3 is 0 Å². The van der Waals surface area contributed by atoms with Crippen LogP contribution in [0.1, 0.15) is 16.9 Å². The van der Waals surface area contributed by atoms with E-state index in [2.05, 4.69) is 33.4 Å². The Hall–Kier alpha value is -0.670. The van der Waals surface area contributed by atoms with Gasteiger partial charge in [0, 0.05) is 10.2 Å². The molecular formula is C15H16BrFS. The van der Waals surface area contributed by atoms with Gasteiger partial charge in [-0.3, -0.25) is 0 Å². The van der Waals surface area contributed by atoms with Crippen molar-refractivity contribution in [3.05, 3.63) is 58.0 Å². The molecule has 0 N–H and O–H groups in total. The predicted molar refractivity (Wildman–Crippen MR) is 80.0 cm³/mol. The molecule has 0 aliphatic carbocycles. The van der Waals surface area contributed by atoms with E-state index in [9.17, 15) is 4.39 Å². The van der Waals surface area contributed by atoms with Gasteiger partial charge in [-0.25, -0.2) is 4.39 Å². The van der Waals surface area contributed by atoms with Crippen LogP contribution in [0.15, 0.2) is 41.8 Å². The number of aryl methyl sites for hydroxylation is 1. The van der Waals surface area contributed by atoms with Crippen molar-refractivity contribution in [3.63, 3.8) is 0 Å². The molecule has 18 heavy (non-hydrogen) atoms. The summed E-state index contributed by atoms with van der Waals surface area (Å²) in [5, 5.41) is 3.12. The van der Waals surface area contributed by atoms with Crippen molar-refractivity contribution in [2.75, 3.05) is 5.33 Å². The first-order valence-electron chi connectivity index (χ1n) is 6.10. The highest BCUT2D eigenvalue weighted by atomic mass is 79.9. The van der Waals surface area contributed by atoms with Gasteiger partial charge in [-0.05, 0) is 54.3 Å². The minimum Gasteiger partial charge on any atom is -0.207 e. The monoisotopic (exact) mass is 326 g/mol. The molecule has 0 fully saturated rings. The van der Waals surface area contributed by atoms with Gasteiger partial charge in [0.1, 0.15) is 5.82 Å². The van der Waals surface area contributed by atoms with Crippen LogP contribution in [0.4, 0.5) is 4.39 Å². The Bertz CT molecular complexity index is 450. The first-order chi connectivity index (χ1) is 8.78. The molecular weight excluding hydrogens is 311 g/mol. The number of rotatable bonds is 6. The second kappa shape index (κ2) is 7.05. The van der Waals surface area contributed by atoms with Gasteiger partial charge in [0.2, 0.25) is 0 Å². The zero-order valence-corrected chi connectivity index (χ0v) is 12.5. The van der Waals surface area contributed by atoms with E-state index in [0.29, 0.717) is 5.92 Å². The van der Waals surface area contributed by atoms with Crippen LogP contribution in [0.5, 0.6) is 0 Å². The summed E-state index contributed by atoms with van der Waals surface area (Å²) in [4.78, 5) is 1.44. The fourth-order valence-corrected chi connectivity index (χ4v) is 3.27. The zero-order chi connectivity index (χ0) is 12.8. The van der Waals surface area contributed by atoms with Crippen LogP contribution in [0, 0.1) is 11.7 Å². The average Bonchev–Trinajstić information content (AvgIpc) is 2.90. The second-order valence-corrected chi connectivity index (χ2v) is 6.15. The van der Waals surface area contributed by atoms with Gasteiger partial charge in [-0.2, -0.15) is 0 Å².